The molecule has 9 heteroatoms. The van der Waals surface area contributed by atoms with Gasteiger partial charge in [-0.25, -0.2) is 8.42 Å². The molecular weight excluding hydrogens is 476 g/mol. The van der Waals surface area contributed by atoms with E-state index in [1.807, 2.05) is 31.2 Å². The maximum absolute atomic E-state index is 12.2. The van der Waals surface area contributed by atoms with Crippen LogP contribution >= 0.6 is 0 Å². The van der Waals surface area contributed by atoms with Crippen molar-refractivity contribution < 1.29 is 17.9 Å². The van der Waals surface area contributed by atoms with Crippen molar-refractivity contribution in [1.82, 2.24) is 9.47 Å². The Morgan fingerprint density at radius 1 is 1.06 bits per heavy atom. The highest BCUT2D eigenvalue weighted by molar-refractivity contribution is 7.92. The first-order chi connectivity index (χ1) is 17.4. The Morgan fingerprint density at radius 2 is 1.81 bits per heavy atom. The van der Waals surface area contributed by atoms with Crippen LogP contribution < -0.4 is 15.2 Å². The van der Waals surface area contributed by atoms with Crippen LogP contribution in [-0.2, 0) is 21.3 Å². The molecule has 0 bridgehead atoms. The van der Waals surface area contributed by atoms with Gasteiger partial charge in [0, 0.05) is 48.9 Å². The number of sulfonamides is 1. The number of ether oxygens (including phenoxy) is 2. The van der Waals surface area contributed by atoms with Crippen molar-refractivity contribution in [3.05, 3.63) is 42.5 Å². The van der Waals surface area contributed by atoms with Gasteiger partial charge in [0.05, 0.1) is 42.5 Å². The highest BCUT2D eigenvalue weighted by atomic mass is 32.2. The molecule has 3 N–H and O–H groups in total. The standard InChI is InChI=1S/C27H38N4O4S/c1-3-5-19-36(32,33)29-22-9-7-21(8-10-22)27-26(28)24-12-11-23(20-25(24)31(27)4-2)35-16-6-13-30-14-17-34-18-15-30/h7-12,20,29H,3-6,13-19,28H2,1-2H3. The molecule has 0 amide bonds. The molecule has 0 saturated carbocycles. The number of benzene rings is 2. The second-order valence-electron chi connectivity index (χ2n) is 9.19. The zero-order valence-electron chi connectivity index (χ0n) is 21.3. The number of rotatable bonds is 12. The summed E-state index contributed by atoms with van der Waals surface area (Å²) in [5, 5.41) is 0.983. The molecule has 0 unspecified atom stereocenters. The summed E-state index contributed by atoms with van der Waals surface area (Å²) in [4.78, 5) is 2.41. The summed E-state index contributed by atoms with van der Waals surface area (Å²) in [5.41, 5.74) is 10.8. The van der Waals surface area contributed by atoms with Crippen molar-refractivity contribution in [2.24, 2.45) is 0 Å². The molecule has 0 radical (unpaired) electrons. The summed E-state index contributed by atoms with van der Waals surface area (Å²) in [6, 6.07) is 13.5. The normalized spacial score (nSPS) is 14.8. The first kappa shape index (κ1) is 26.3. The fourth-order valence-electron chi connectivity index (χ4n) is 4.65. The van der Waals surface area contributed by atoms with E-state index in [2.05, 4.69) is 27.2 Å². The van der Waals surface area contributed by atoms with Crippen LogP contribution in [0.5, 0.6) is 5.75 Å². The number of fused-ring (bicyclic) bond motifs is 1. The van der Waals surface area contributed by atoms with Crippen molar-refractivity contribution >= 4 is 32.3 Å². The zero-order chi connectivity index (χ0) is 25.5. The van der Waals surface area contributed by atoms with Gasteiger partial charge < -0.3 is 19.8 Å². The molecular formula is C27H38N4O4S. The van der Waals surface area contributed by atoms with Gasteiger partial charge in [0.25, 0.3) is 0 Å². The molecule has 0 aliphatic carbocycles. The smallest absolute Gasteiger partial charge is 0.232 e. The van der Waals surface area contributed by atoms with Gasteiger partial charge >= 0.3 is 0 Å². The summed E-state index contributed by atoms with van der Waals surface area (Å²) in [5.74, 6) is 0.958. The lowest BCUT2D eigenvalue weighted by atomic mass is 10.1. The largest absolute Gasteiger partial charge is 0.493 e. The molecule has 4 rings (SSSR count). The number of nitrogens with two attached hydrogens (primary N) is 1. The molecule has 1 aromatic heterocycles. The third-order valence-electron chi connectivity index (χ3n) is 6.58. The second kappa shape index (κ2) is 12.0. The number of hydrogen-bond donors (Lipinski definition) is 2. The minimum absolute atomic E-state index is 0.125. The van der Waals surface area contributed by atoms with E-state index in [1.165, 1.54) is 0 Å². The van der Waals surface area contributed by atoms with E-state index in [-0.39, 0.29) is 5.75 Å². The Bertz CT molecular complexity index is 1250. The van der Waals surface area contributed by atoms with Crippen molar-refractivity contribution in [3.63, 3.8) is 0 Å². The molecule has 1 aliphatic heterocycles. The molecule has 196 valence electrons. The molecule has 3 aromatic rings. The SMILES string of the molecule is CCCCS(=O)(=O)Nc1ccc(-c2c(N)c3ccc(OCCCN4CCOCC4)cc3n2CC)cc1. The lowest BCUT2D eigenvalue weighted by molar-refractivity contribution is 0.0358. The number of hydrogen-bond acceptors (Lipinski definition) is 6. The summed E-state index contributed by atoms with van der Waals surface area (Å²) >= 11 is 0. The predicted octanol–water partition coefficient (Wildman–Crippen LogP) is 4.55. The highest BCUT2D eigenvalue weighted by Gasteiger charge is 2.17. The van der Waals surface area contributed by atoms with Crippen LogP contribution in [0, 0.1) is 0 Å². The number of anilines is 2. The minimum atomic E-state index is -3.34. The third-order valence-corrected chi connectivity index (χ3v) is 7.95. The number of aryl methyl sites for hydroxylation is 1. The van der Waals surface area contributed by atoms with E-state index in [4.69, 9.17) is 15.2 Å². The number of nitrogens with one attached hydrogen (secondary N) is 1. The van der Waals surface area contributed by atoms with Crippen molar-refractivity contribution in [1.29, 1.82) is 0 Å². The number of unbranched alkanes of at least 4 members (excludes halogenated alkanes) is 1. The van der Waals surface area contributed by atoms with Crippen LogP contribution in [0.4, 0.5) is 11.4 Å². The summed E-state index contributed by atoms with van der Waals surface area (Å²) in [6.07, 6.45) is 2.44. The molecule has 8 nitrogen and oxygen atoms in total. The predicted molar refractivity (Wildman–Crippen MR) is 147 cm³/mol. The van der Waals surface area contributed by atoms with E-state index < -0.39 is 10.0 Å². The van der Waals surface area contributed by atoms with Crippen LogP contribution in [0.25, 0.3) is 22.2 Å². The van der Waals surface area contributed by atoms with Gasteiger partial charge in [-0.05, 0) is 44.0 Å². The van der Waals surface area contributed by atoms with Gasteiger partial charge in [-0.2, -0.15) is 0 Å². The van der Waals surface area contributed by atoms with Gasteiger partial charge in [-0.3, -0.25) is 9.62 Å². The zero-order valence-corrected chi connectivity index (χ0v) is 22.1. The Kier molecular flexibility index (Phi) is 8.77. The number of nitrogen functional groups attached to an aromatic ring is 1. The van der Waals surface area contributed by atoms with E-state index in [0.29, 0.717) is 24.4 Å². The quantitative estimate of drug-likeness (QED) is 0.344. The number of nitrogens with zero attached hydrogens (tertiary/aromatic N) is 2. The van der Waals surface area contributed by atoms with Crippen LogP contribution in [0.1, 0.15) is 33.1 Å². The van der Waals surface area contributed by atoms with Gasteiger partial charge in [-0.1, -0.05) is 25.5 Å². The molecule has 36 heavy (non-hydrogen) atoms. The number of aromatic nitrogens is 1. The lowest BCUT2D eigenvalue weighted by Gasteiger charge is -2.26. The van der Waals surface area contributed by atoms with Gasteiger partial charge in [0.1, 0.15) is 5.75 Å². The van der Waals surface area contributed by atoms with E-state index in [9.17, 15) is 8.42 Å². The third kappa shape index (κ3) is 6.32. The van der Waals surface area contributed by atoms with Crippen molar-refractivity contribution in [3.8, 4) is 17.0 Å². The maximum Gasteiger partial charge on any atom is 0.232 e. The van der Waals surface area contributed by atoms with Crippen LogP contribution in [0.3, 0.4) is 0 Å². The van der Waals surface area contributed by atoms with E-state index in [0.717, 1.165) is 80.1 Å². The van der Waals surface area contributed by atoms with Crippen LogP contribution in [0.15, 0.2) is 42.5 Å². The van der Waals surface area contributed by atoms with E-state index >= 15 is 0 Å². The summed E-state index contributed by atoms with van der Waals surface area (Å²) < 4.78 is 40.8. The average molecular weight is 515 g/mol. The molecule has 1 saturated heterocycles. The Morgan fingerprint density at radius 3 is 2.50 bits per heavy atom. The molecule has 0 spiro atoms. The first-order valence-electron chi connectivity index (χ1n) is 12.9. The highest BCUT2D eigenvalue weighted by Crippen LogP contribution is 2.38. The molecule has 2 heterocycles. The second-order valence-corrected chi connectivity index (χ2v) is 11.0. The fraction of sp³-hybridized carbons (Fsp3) is 0.481. The summed E-state index contributed by atoms with van der Waals surface area (Å²) in [7, 11) is -3.34. The van der Waals surface area contributed by atoms with Crippen LogP contribution in [0.2, 0.25) is 0 Å². The Labute approximate surface area is 214 Å². The Balaban J connectivity index is 1.48. The summed E-state index contributed by atoms with van der Waals surface area (Å²) in [6.45, 7) is 10.1. The first-order valence-corrected chi connectivity index (χ1v) is 14.5. The topological polar surface area (TPSA) is 98.8 Å². The van der Waals surface area contributed by atoms with Gasteiger partial charge in [0.15, 0.2) is 0 Å². The molecule has 2 aromatic carbocycles. The monoisotopic (exact) mass is 514 g/mol. The van der Waals surface area contributed by atoms with Gasteiger partial charge in [-0.15, -0.1) is 0 Å². The molecule has 0 atom stereocenters. The molecule has 1 fully saturated rings. The minimum Gasteiger partial charge on any atom is -0.493 e. The molecule has 1 aliphatic rings. The Hall–Kier alpha value is -2.75. The van der Waals surface area contributed by atoms with Crippen LogP contribution in [-0.4, -0.2) is 63.1 Å². The number of morpholine rings is 1. The lowest BCUT2D eigenvalue weighted by Crippen LogP contribution is -2.37. The fourth-order valence-corrected chi connectivity index (χ4v) is 5.92. The van der Waals surface area contributed by atoms with Crippen molar-refractivity contribution in [2.45, 2.75) is 39.7 Å². The van der Waals surface area contributed by atoms with Crippen molar-refractivity contribution in [2.75, 3.05) is 55.7 Å². The maximum atomic E-state index is 12.2. The van der Waals surface area contributed by atoms with E-state index in [1.54, 1.807) is 12.1 Å². The van der Waals surface area contributed by atoms with Gasteiger partial charge in [0.2, 0.25) is 10.0 Å². The average Bonchev–Trinajstić information content (AvgIpc) is 3.17.